The standard InChI is InChI=1S/C34H35N5O6S2.C2HF3O2/c1-2-45-31(40)20-27-19-25-21-39(17-16-30(25)46-27)34(42)29(37-33(41)24-12-10-23(11-13-24)32(35)36)18-22-8-14-26(15-9-22)38-47(43,44)28-6-4-3-5-7-28;3-2(4,5)1(6)7/h3-15,19,29,38H,2,16-18,20-21H2,1H3,(H3,35,36)(H,37,41);(H,6,7). The summed E-state index contributed by atoms with van der Waals surface area (Å²) in [6.07, 6.45) is -4.13. The third kappa shape index (κ3) is 11.4. The van der Waals surface area contributed by atoms with Crippen LogP contribution in [-0.4, -0.2) is 73.4 Å². The molecule has 1 aliphatic heterocycles. The van der Waals surface area contributed by atoms with Crippen LogP contribution in [0.5, 0.6) is 0 Å². The number of carbonyl (C=O) groups is 4. The monoisotopic (exact) mass is 787 g/mol. The lowest BCUT2D eigenvalue weighted by atomic mass is 10.0. The van der Waals surface area contributed by atoms with Crippen LogP contribution in [0.1, 0.15) is 43.7 Å². The number of thiophene rings is 1. The van der Waals surface area contributed by atoms with Gasteiger partial charge in [-0.25, -0.2) is 13.2 Å². The van der Waals surface area contributed by atoms with E-state index in [1.54, 1.807) is 89.9 Å². The maximum atomic E-state index is 14.0. The summed E-state index contributed by atoms with van der Waals surface area (Å²) in [5.74, 6) is -3.90. The first-order valence-corrected chi connectivity index (χ1v) is 18.5. The number of fused-ring (bicyclic) bond motifs is 1. The number of amidine groups is 1. The number of hydrogen-bond donors (Lipinski definition) is 5. The number of amides is 2. The van der Waals surface area contributed by atoms with Crippen LogP contribution in [0, 0.1) is 5.41 Å². The molecule has 2 amide bonds. The van der Waals surface area contributed by atoms with Crippen molar-refractivity contribution in [2.75, 3.05) is 17.9 Å². The van der Waals surface area contributed by atoms with E-state index in [1.807, 2.05) is 6.07 Å². The van der Waals surface area contributed by atoms with Crippen LogP contribution in [-0.2, 0) is 55.0 Å². The Bertz CT molecular complexity index is 2090. The second-order valence-corrected chi connectivity index (χ2v) is 14.7. The van der Waals surface area contributed by atoms with E-state index in [4.69, 9.17) is 25.8 Å². The fraction of sp³-hybridized carbons (Fsp3) is 0.250. The van der Waals surface area contributed by atoms with Crippen molar-refractivity contribution in [3.05, 3.63) is 117 Å². The average molecular weight is 788 g/mol. The highest BCUT2D eigenvalue weighted by molar-refractivity contribution is 7.92. The zero-order valence-corrected chi connectivity index (χ0v) is 30.3. The van der Waals surface area contributed by atoms with Gasteiger partial charge in [-0.05, 0) is 66.9 Å². The van der Waals surface area contributed by atoms with E-state index in [-0.39, 0.29) is 35.4 Å². The summed E-state index contributed by atoms with van der Waals surface area (Å²) < 4.78 is 64.9. The Morgan fingerprint density at radius 3 is 2.19 bits per heavy atom. The minimum absolute atomic E-state index is 0.122. The van der Waals surface area contributed by atoms with Crippen molar-refractivity contribution in [1.29, 1.82) is 5.41 Å². The molecular weight excluding hydrogens is 752 g/mol. The first-order chi connectivity index (χ1) is 25.5. The minimum atomic E-state index is -5.08. The highest BCUT2D eigenvalue weighted by Gasteiger charge is 2.38. The maximum absolute atomic E-state index is 14.0. The fourth-order valence-corrected chi connectivity index (χ4v) is 7.48. The third-order valence-corrected chi connectivity index (χ3v) is 10.5. The summed E-state index contributed by atoms with van der Waals surface area (Å²) in [6, 6.07) is 21.9. The largest absolute Gasteiger partial charge is 0.490 e. The number of carbonyl (C=O) groups excluding carboxylic acids is 3. The van der Waals surface area contributed by atoms with Gasteiger partial charge in [-0.2, -0.15) is 13.2 Å². The van der Waals surface area contributed by atoms with Gasteiger partial charge in [-0.1, -0.05) is 42.5 Å². The van der Waals surface area contributed by atoms with Crippen LogP contribution in [0.3, 0.4) is 0 Å². The first kappa shape index (κ1) is 41.0. The van der Waals surface area contributed by atoms with Crippen molar-refractivity contribution < 1.29 is 50.6 Å². The van der Waals surface area contributed by atoms with E-state index in [1.165, 1.54) is 12.1 Å². The summed E-state index contributed by atoms with van der Waals surface area (Å²) in [6.45, 7) is 2.86. The predicted octanol–water partition coefficient (Wildman–Crippen LogP) is 4.50. The minimum Gasteiger partial charge on any atom is -0.475 e. The van der Waals surface area contributed by atoms with Crippen molar-refractivity contribution in [2.24, 2.45) is 5.73 Å². The van der Waals surface area contributed by atoms with Gasteiger partial charge in [0.15, 0.2) is 0 Å². The molecule has 0 fully saturated rings. The van der Waals surface area contributed by atoms with Crippen molar-refractivity contribution in [2.45, 2.75) is 49.8 Å². The molecule has 0 bridgehead atoms. The van der Waals surface area contributed by atoms with Crippen LogP contribution in [0.2, 0.25) is 0 Å². The van der Waals surface area contributed by atoms with Crippen molar-refractivity contribution in [3.63, 3.8) is 0 Å². The summed E-state index contributed by atoms with van der Waals surface area (Å²) in [5.41, 5.74) is 8.36. The molecule has 1 atom stereocenters. The second-order valence-electron chi connectivity index (χ2n) is 11.8. The normalized spacial score (nSPS) is 13.0. The molecule has 4 aromatic rings. The molecule has 54 heavy (non-hydrogen) atoms. The Kier molecular flexibility index (Phi) is 13.6. The van der Waals surface area contributed by atoms with Gasteiger partial charge in [0, 0.05) is 46.1 Å². The van der Waals surface area contributed by atoms with E-state index >= 15 is 0 Å². The number of nitrogens with zero attached hydrogens (tertiary/aromatic N) is 1. The molecule has 3 aromatic carbocycles. The Morgan fingerprint density at radius 2 is 1.61 bits per heavy atom. The number of rotatable bonds is 12. The molecule has 0 aliphatic carbocycles. The number of nitrogens with two attached hydrogens (primary N) is 1. The number of ether oxygens (including phenoxy) is 1. The van der Waals surface area contributed by atoms with Gasteiger partial charge >= 0.3 is 18.1 Å². The van der Waals surface area contributed by atoms with Crippen LogP contribution < -0.4 is 15.8 Å². The summed E-state index contributed by atoms with van der Waals surface area (Å²) in [4.78, 5) is 52.1. The Labute approximate surface area is 312 Å². The Morgan fingerprint density at radius 1 is 1.00 bits per heavy atom. The van der Waals surface area contributed by atoms with Gasteiger partial charge < -0.3 is 25.8 Å². The molecule has 5 rings (SSSR count). The molecular formula is C36H36F3N5O8S2. The van der Waals surface area contributed by atoms with Crippen LogP contribution in [0.25, 0.3) is 0 Å². The van der Waals surface area contributed by atoms with E-state index in [0.717, 1.165) is 15.3 Å². The molecule has 0 radical (unpaired) electrons. The number of hydrogen-bond acceptors (Lipinski definition) is 9. The van der Waals surface area contributed by atoms with E-state index in [0.29, 0.717) is 48.5 Å². The summed E-state index contributed by atoms with van der Waals surface area (Å²) in [5, 5.41) is 17.6. The third-order valence-electron chi connectivity index (χ3n) is 7.86. The maximum Gasteiger partial charge on any atom is 0.490 e. The molecule has 1 aromatic heterocycles. The van der Waals surface area contributed by atoms with Gasteiger partial charge in [-0.3, -0.25) is 24.5 Å². The average Bonchev–Trinajstić information content (AvgIpc) is 3.53. The number of esters is 1. The molecule has 13 nitrogen and oxygen atoms in total. The molecule has 0 saturated heterocycles. The predicted molar refractivity (Wildman–Crippen MR) is 194 cm³/mol. The fourth-order valence-electron chi connectivity index (χ4n) is 5.25. The van der Waals surface area contributed by atoms with Gasteiger partial charge in [0.2, 0.25) is 5.91 Å². The number of alkyl halides is 3. The number of nitrogens with one attached hydrogen (secondary N) is 3. The van der Waals surface area contributed by atoms with E-state index in [9.17, 15) is 36.0 Å². The smallest absolute Gasteiger partial charge is 0.475 e. The molecule has 0 spiro atoms. The molecule has 0 saturated carbocycles. The molecule has 1 aliphatic rings. The van der Waals surface area contributed by atoms with Gasteiger partial charge in [0.1, 0.15) is 11.9 Å². The Balaban J connectivity index is 0.000000845. The second kappa shape index (κ2) is 17.8. The zero-order valence-electron chi connectivity index (χ0n) is 28.7. The van der Waals surface area contributed by atoms with Crippen LogP contribution in [0.15, 0.2) is 89.8 Å². The lowest BCUT2D eigenvalue weighted by Crippen LogP contribution is -2.50. The number of benzene rings is 3. The highest BCUT2D eigenvalue weighted by Crippen LogP contribution is 2.29. The topological polar surface area (TPSA) is 209 Å². The summed E-state index contributed by atoms with van der Waals surface area (Å²) in [7, 11) is -3.78. The number of aliphatic carboxylic acids is 1. The van der Waals surface area contributed by atoms with Gasteiger partial charge in [0.05, 0.1) is 17.9 Å². The lowest BCUT2D eigenvalue weighted by Gasteiger charge is -2.31. The SMILES string of the molecule is CCOC(=O)Cc1cc2c(s1)CCN(C(=O)C(Cc1ccc(NS(=O)(=O)c3ccccc3)cc1)NC(=O)c1ccc(C(=N)N)cc1)C2.O=C(O)C(F)(F)F. The van der Waals surface area contributed by atoms with Gasteiger partial charge in [0.25, 0.3) is 15.9 Å². The molecule has 6 N–H and O–H groups in total. The number of anilines is 1. The highest BCUT2D eigenvalue weighted by atomic mass is 32.2. The Hall–Kier alpha value is -5.75. The number of carboxylic acids is 1. The first-order valence-electron chi connectivity index (χ1n) is 16.2. The van der Waals surface area contributed by atoms with Gasteiger partial charge in [-0.15, -0.1) is 11.3 Å². The van der Waals surface area contributed by atoms with Crippen molar-refractivity contribution >= 4 is 56.6 Å². The van der Waals surface area contributed by atoms with Crippen LogP contribution in [0.4, 0.5) is 18.9 Å². The van der Waals surface area contributed by atoms with Crippen LogP contribution >= 0.6 is 11.3 Å². The number of nitrogen functional groups attached to an aromatic ring is 1. The number of carboxylic acid groups (broad SMARTS) is 1. The van der Waals surface area contributed by atoms with E-state index in [2.05, 4.69) is 10.0 Å². The van der Waals surface area contributed by atoms with Crippen molar-refractivity contribution in [1.82, 2.24) is 10.2 Å². The molecule has 286 valence electrons. The zero-order chi connectivity index (χ0) is 39.6. The summed E-state index contributed by atoms with van der Waals surface area (Å²) >= 11 is 1.55. The molecule has 2 heterocycles. The van der Waals surface area contributed by atoms with E-state index < -0.39 is 34.1 Å². The number of halogens is 3. The van der Waals surface area contributed by atoms with Crippen molar-refractivity contribution in [3.8, 4) is 0 Å². The molecule has 18 heteroatoms. The lowest BCUT2D eigenvalue weighted by molar-refractivity contribution is -0.192. The quantitative estimate of drug-likeness (QED) is 0.0777. The number of sulfonamides is 1. The molecule has 1 unspecified atom stereocenters.